The topological polar surface area (TPSA) is 29.9 Å². The maximum Gasteiger partial charge on any atom is 0.0631 e. The predicted octanol–water partition coefficient (Wildman–Crippen LogP) is 2.62. The van der Waals surface area contributed by atoms with E-state index in [1.54, 1.807) is 0 Å². The molecule has 0 aromatic carbocycles. The summed E-state index contributed by atoms with van der Waals surface area (Å²) in [6.45, 7) is 10.9. The van der Waals surface area contributed by atoms with Crippen molar-refractivity contribution in [3.8, 4) is 0 Å². The Balaban J connectivity index is 2.88. The third-order valence-corrected chi connectivity index (χ3v) is 3.16. The number of aryl methyl sites for hydroxylation is 2. The summed E-state index contributed by atoms with van der Waals surface area (Å²) in [7, 11) is 2.00. The molecule has 1 rings (SSSR count). The monoisotopic (exact) mass is 223 g/mol. The lowest BCUT2D eigenvalue weighted by atomic mass is 9.99. The molecule has 0 aliphatic carbocycles. The van der Waals surface area contributed by atoms with E-state index in [2.05, 4.69) is 42.8 Å². The van der Waals surface area contributed by atoms with E-state index in [-0.39, 0.29) is 0 Å². The normalized spacial score (nSPS) is 13.1. The highest BCUT2D eigenvalue weighted by Gasteiger charge is 2.16. The summed E-state index contributed by atoms with van der Waals surface area (Å²) < 4.78 is 2.17. The Morgan fingerprint density at radius 3 is 2.62 bits per heavy atom. The van der Waals surface area contributed by atoms with Gasteiger partial charge in [0.2, 0.25) is 0 Å². The maximum absolute atomic E-state index is 4.64. The predicted molar refractivity (Wildman–Crippen MR) is 69.0 cm³/mol. The minimum absolute atomic E-state index is 0.542. The molecule has 1 aromatic heterocycles. The second-order valence-corrected chi connectivity index (χ2v) is 4.62. The van der Waals surface area contributed by atoms with Crippen LogP contribution in [0.15, 0.2) is 0 Å². The van der Waals surface area contributed by atoms with Crippen molar-refractivity contribution in [2.24, 2.45) is 0 Å². The molecule has 0 bridgehead atoms. The van der Waals surface area contributed by atoms with Gasteiger partial charge in [0.15, 0.2) is 0 Å². The van der Waals surface area contributed by atoms with E-state index in [0.717, 1.165) is 13.1 Å². The third-order valence-electron chi connectivity index (χ3n) is 3.16. The average molecular weight is 223 g/mol. The summed E-state index contributed by atoms with van der Waals surface area (Å²) in [5.41, 5.74) is 3.95. The lowest BCUT2D eigenvalue weighted by Crippen LogP contribution is -2.16. The molecule has 1 heterocycles. The highest BCUT2D eigenvalue weighted by molar-refractivity contribution is 5.28. The van der Waals surface area contributed by atoms with Gasteiger partial charge in [0.05, 0.1) is 5.69 Å². The summed E-state index contributed by atoms with van der Waals surface area (Å²) in [4.78, 5) is 0. The summed E-state index contributed by atoms with van der Waals surface area (Å²) in [5.74, 6) is 0.542. The Hall–Kier alpha value is -0.830. The highest BCUT2D eigenvalue weighted by Crippen LogP contribution is 2.22. The second-order valence-electron chi connectivity index (χ2n) is 4.62. The summed E-state index contributed by atoms with van der Waals surface area (Å²) >= 11 is 0. The maximum atomic E-state index is 4.64. The van der Waals surface area contributed by atoms with Crippen LogP contribution in [0.25, 0.3) is 0 Å². The zero-order valence-corrected chi connectivity index (χ0v) is 11.3. The Bertz CT molecular complexity index is 328. The lowest BCUT2D eigenvalue weighted by Gasteiger charge is -2.11. The minimum Gasteiger partial charge on any atom is -0.319 e. The van der Waals surface area contributed by atoms with Gasteiger partial charge in [-0.2, -0.15) is 5.10 Å². The van der Waals surface area contributed by atoms with E-state index >= 15 is 0 Å². The van der Waals surface area contributed by atoms with Crippen LogP contribution in [0.5, 0.6) is 0 Å². The molecule has 0 saturated carbocycles. The smallest absolute Gasteiger partial charge is 0.0631 e. The number of likely N-dealkylation sites (N-methyl/N-ethyl adjacent to an activating group) is 1. The number of nitrogens with zero attached hydrogens (tertiary/aromatic N) is 2. The van der Waals surface area contributed by atoms with Crippen molar-refractivity contribution in [3.05, 3.63) is 17.0 Å². The molecule has 0 radical (unpaired) electrons. The Kier molecular flexibility index (Phi) is 5.00. The van der Waals surface area contributed by atoms with Crippen molar-refractivity contribution in [3.63, 3.8) is 0 Å². The quantitative estimate of drug-likeness (QED) is 0.803. The molecule has 0 saturated heterocycles. The van der Waals surface area contributed by atoms with Gasteiger partial charge in [-0.3, -0.25) is 4.68 Å². The van der Waals surface area contributed by atoms with Crippen molar-refractivity contribution in [1.82, 2.24) is 15.1 Å². The van der Waals surface area contributed by atoms with Crippen LogP contribution >= 0.6 is 0 Å². The summed E-state index contributed by atoms with van der Waals surface area (Å²) in [5, 5.41) is 7.88. The molecule has 0 aliphatic heterocycles. The number of aromatic nitrogens is 2. The summed E-state index contributed by atoms with van der Waals surface area (Å²) in [6.07, 6.45) is 2.43. The minimum atomic E-state index is 0.542. The van der Waals surface area contributed by atoms with E-state index in [9.17, 15) is 0 Å². The molecule has 1 unspecified atom stereocenters. The van der Waals surface area contributed by atoms with E-state index < -0.39 is 0 Å². The molecule has 0 amide bonds. The first kappa shape index (κ1) is 13.2. The molecule has 3 nitrogen and oxygen atoms in total. The molecule has 1 N–H and O–H groups in total. The van der Waals surface area contributed by atoms with Gasteiger partial charge in [0, 0.05) is 18.8 Å². The first-order valence-corrected chi connectivity index (χ1v) is 6.30. The SMILES string of the molecule is CCCCn1nc(C)c(C(C)CNC)c1C. The molecule has 1 atom stereocenters. The van der Waals surface area contributed by atoms with Crippen molar-refractivity contribution in [1.29, 1.82) is 0 Å². The van der Waals surface area contributed by atoms with Gasteiger partial charge < -0.3 is 5.32 Å². The zero-order valence-electron chi connectivity index (χ0n) is 11.3. The van der Waals surface area contributed by atoms with Crippen LogP contribution in [0, 0.1) is 13.8 Å². The third kappa shape index (κ3) is 2.85. The van der Waals surface area contributed by atoms with E-state index in [0.29, 0.717) is 5.92 Å². The number of hydrogen-bond acceptors (Lipinski definition) is 2. The Morgan fingerprint density at radius 1 is 1.38 bits per heavy atom. The first-order chi connectivity index (χ1) is 7.61. The highest BCUT2D eigenvalue weighted by atomic mass is 15.3. The zero-order chi connectivity index (χ0) is 12.1. The fourth-order valence-corrected chi connectivity index (χ4v) is 2.36. The molecule has 16 heavy (non-hydrogen) atoms. The lowest BCUT2D eigenvalue weighted by molar-refractivity contribution is 0.554. The average Bonchev–Trinajstić information content (AvgIpc) is 2.51. The Morgan fingerprint density at radius 2 is 2.06 bits per heavy atom. The molecule has 3 heteroatoms. The van der Waals surface area contributed by atoms with Crippen LogP contribution in [0.1, 0.15) is 49.6 Å². The van der Waals surface area contributed by atoms with Gasteiger partial charge in [-0.1, -0.05) is 20.3 Å². The molecule has 0 aliphatic rings. The Labute approximate surface area is 99.2 Å². The van der Waals surface area contributed by atoms with Gasteiger partial charge in [0.25, 0.3) is 0 Å². The number of rotatable bonds is 6. The molecule has 0 fully saturated rings. The van der Waals surface area contributed by atoms with E-state index in [1.165, 1.54) is 29.8 Å². The standard InChI is InChI=1S/C13H25N3/c1-6-7-8-16-12(4)13(11(3)15-16)10(2)9-14-5/h10,14H,6-9H2,1-5H3. The first-order valence-electron chi connectivity index (χ1n) is 6.30. The van der Waals surface area contributed by atoms with Crippen LogP contribution in [0.4, 0.5) is 0 Å². The molecular formula is C13H25N3. The van der Waals surface area contributed by atoms with Gasteiger partial charge in [-0.05, 0) is 38.8 Å². The van der Waals surface area contributed by atoms with Crippen LogP contribution < -0.4 is 5.32 Å². The van der Waals surface area contributed by atoms with Gasteiger partial charge in [0.1, 0.15) is 0 Å². The van der Waals surface area contributed by atoms with Crippen molar-refractivity contribution >= 4 is 0 Å². The molecular weight excluding hydrogens is 198 g/mol. The van der Waals surface area contributed by atoms with Crippen molar-refractivity contribution < 1.29 is 0 Å². The number of hydrogen-bond donors (Lipinski definition) is 1. The van der Waals surface area contributed by atoms with Crippen LogP contribution in [0.3, 0.4) is 0 Å². The molecule has 92 valence electrons. The fraction of sp³-hybridized carbons (Fsp3) is 0.769. The van der Waals surface area contributed by atoms with Gasteiger partial charge in [-0.25, -0.2) is 0 Å². The molecule has 1 aromatic rings. The largest absolute Gasteiger partial charge is 0.319 e. The van der Waals surface area contributed by atoms with Gasteiger partial charge >= 0.3 is 0 Å². The molecule has 0 spiro atoms. The van der Waals surface area contributed by atoms with Crippen LogP contribution in [0.2, 0.25) is 0 Å². The van der Waals surface area contributed by atoms with Crippen LogP contribution in [-0.2, 0) is 6.54 Å². The van der Waals surface area contributed by atoms with E-state index in [1.807, 2.05) is 7.05 Å². The number of nitrogens with one attached hydrogen (secondary N) is 1. The van der Waals surface area contributed by atoms with Crippen molar-refractivity contribution in [2.45, 2.75) is 53.0 Å². The van der Waals surface area contributed by atoms with Crippen molar-refractivity contribution in [2.75, 3.05) is 13.6 Å². The van der Waals surface area contributed by atoms with Crippen LogP contribution in [-0.4, -0.2) is 23.4 Å². The number of unbranched alkanes of at least 4 members (excludes halogenated alkanes) is 1. The fourth-order valence-electron chi connectivity index (χ4n) is 2.36. The van der Waals surface area contributed by atoms with Gasteiger partial charge in [-0.15, -0.1) is 0 Å². The second kappa shape index (κ2) is 6.04. The van der Waals surface area contributed by atoms with E-state index in [4.69, 9.17) is 0 Å². The summed E-state index contributed by atoms with van der Waals surface area (Å²) in [6, 6.07) is 0.